The van der Waals surface area contributed by atoms with Gasteiger partial charge in [0.2, 0.25) is 0 Å². The van der Waals surface area contributed by atoms with Crippen molar-refractivity contribution in [1.82, 2.24) is 0 Å². The van der Waals surface area contributed by atoms with Crippen LogP contribution in [0.15, 0.2) is 0 Å². The lowest BCUT2D eigenvalue weighted by atomic mass is 10.3. The smallest absolute Gasteiger partial charge is 0.166 e. The first-order chi connectivity index (χ1) is 5.89. The Balaban J connectivity index is 4.06. The third-order valence-corrected chi connectivity index (χ3v) is 12.7. The van der Waals surface area contributed by atoms with Crippen molar-refractivity contribution >= 4 is 16.9 Å². The average molecular weight is 214 g/mol. The molecule has 0 bridgehead atoms. The molecule has 0 amide bonds. The number of hydrogen-bond donors (Lipinski definition) is 0. The van der Waals surface area contributed by atoms with E-state index in [1.54, 1.807) is 0 Å². The fraction of sp³-hybridized carbons (Fsp3) is 0.800. The third-order valence-electron chi connectivity index (χ3n) is 2.00. The molecule has 3 heteroatoms. The molecule has 1 atom stereocenters. The van der Waals surface area contributed by atoms with Crippen molar-refractivity contribution < 1.29 is 4.43 Å². The van der Waals surface area contributed by atoms with Crippen LogP contribution in [-0.2, 0) is 4.43 Å². The van der Waals surface area contributed by atoms with Gasteiger partial charge in [0.05, 0.1) is 8.31 Å². The summed E-state index contributed by atoms with van der Waals surface area (Å²) in [6.45, 7) is 12.4. The van der Waals surface area contributed by atoms with Gasteiger partial charge in [-0.2, -0.15) is 0 Å². The van der Waals surface area contributed by atoms with Crippen molar-refractivity contribution in [3.63, 3.8) is 0 Å². The summed E-state index contributed by atoms with van der Waals surface area (Å²) in [5.74, 6) is 2.63. The Bertz CT molecular complexity index is 176. The Kier molecular flexibility index (Phi) is 5.62. The summed E-state index contributed by atoms with van der Waals surface area (Å²) in [6.07, 6.45) is 5.96. The zero-order valence-corrected chi connectivity index (χ0v) is 11.9. The summed E-state index contributed by atoms with van der Waals surface area (Å²) >= 11 is 0. The molecule has 0 saturated carbocycles. The van der Waals surface area contributed by atoms with E-state index in [4.69, 9.17) is 10.8 Å². The van der Waals surface area contributed by atoms with E-state index in [1.165, 1.54) is 0 Å². The van der Waals surface area contributed by atoms with Gasteiger partial charge in [0, 0.05) is 13.0 Å². The first-order valence-corrected chi connectivity index (χ1v) is 11.0. The van der Waals surface area contributed by atoms with Crippen LogP contribution >= 0.6 is 0 Å². The van der Waals surface area contributed by atoms with Gasteiger partial charge in [0.25, 0.3) is 0 Å². The van der Waals surface area contributed by atoms with Crippen LogP contribution in [0.1, 0.15) is 27.2 Å². The summed E-state index contributed by atoms with van der Waals surface area (Å²) in [5, 5.41) is 0.398. The molecule has 0 N–H and O–H groups in total. The Hall–Kier alpha value is -0.0462. The predicted octanol–water partition coefficient (Wildman–Crippen LogP) is 2.12. The molecule has 0 aromatic rings. The SMILES string of the molecule is C#CCCO[SiH]([SiH](C)C)C(C)(C)C. The lowest BCUT2D eigenvalue weighted by Gasteiger charge is -2.31. The monoisotopic (exact) mass is 214 g/mol. The molecule has 0 heterocycles. The molecule has 0 aliphatic heterocycles. The summed E-state index contributed by atoms with van der Waals surface area (Å²) in [6, 6.07) is 0. The van der Waals surface area contributed by atoms with Crippen LogP contribution in [0, 0.1) is 12.3 Å². The molecule has 0 fully saturated rings. The largest absolute Gasteiger partial charge is 0.422 e. The van der Waals surface area contributed by atoms with Crippen molar-refractivity contribution in [1.29, 1.82) is 0 Å². The van der Waals surface area contributed by atoms with Crippen LogP contribution in [0.25, 0.3) is 0 Å². The molecule has 1 nitrogen and oxygen atoms in total. The Morgan fingerprint density at radius 3 is 2.15 bits per heavy atom. The molecular weight excluding hydrogens is 192 g/mol. The van der Waals surface area contributed by atoms with Crippen molar-refractivity contribution in [2.75, 3.05) is 6.61 Å². The van der Waals surface area contributed by atoms with Crippen molar-refractivity contribution in [3.8, 4) is 12.3 Å². The Morgan fingerprint density at radius 2 is 1.85 bits per heavy atom. The lowest BCUT2D eigenvalue weighted by molar-refractivity contribution is 0.322. The molecule has 0 rings (SSSR count). The highest BCUT2D eigenvalue weighted by atomic mass is 29.2. The second-order valence-electron chi connectivity index (χ2n) is 4.86. The van der Waals surface area contributed by atoms with Gasteiger partial charge >= 0.3 is 0 Å². The predicted molar refractivity (Wildman–Crippen MR) is 65.1 cm³/mol. The molecule has 13 heavy (non-hydrogen) atoms. The maximum atomic E-state index is 5.97. The number of rotatable bonds is 4. The topological polar surface area (TPSA) is 9.23 Å². The molecule has 76 valence electrons. The highest BCUT2D eigenvalue weighted by Crippen LogP contribution is 2.28. The van der Waals surface area contributed by atoms with E-state index in [-0.39, 0.29) is 0 Å². The molecule has 0 aliphatic carbocycles. The van der Waals surface area contributed by atoms with Crippen molar-refractivity contribution in [3.05, 3.63) is 0 Å². The maximum absolute atomic E-state index is 5.97. The summed E-state index contributed by atoms with van der Waals surface area (Å²) in [7, 11) is -1.59. The van der Waals surface area contributed by atoms with E-state index in [2.05, 4.69) is 39.8 Å². The summed E-state index contributed by atoms with van der Waals surface area (Å²) < 4.78 is 5.97. The van der Waals surface area contributed by atoms with Crippen molar-refractivity contribution in [2.24, 2.45) is 0 Å². The van der Waals surface area contributed by atoms with Gasteiger partial charge < -0.3 is 4.43 Å². The average Bonchev–Trinajstić information content (AvgIpc) is 1.94. The fourth-order valence-corrected chi connectivity index (χ4v) is 12.5. The first-order valence-electron chi connectivity index (χ1n) is 4.94. The summed E-state index contributed by atoms with van der Waals surface area (Å²) in [4.78, 5) is 0. The van der Waals surface area contributed by atoms with E-state index in [0.717, 1.165) is 13.0 Å². The normalized spacial score (nSPS) is 14.2. The third kappa shape index (κ3) is 5.30. The number of terminal acetylenes is 1. The van der Waals surface area contributed by atoms with Crippen LogP contribution in [0.2, 0.25) is 18.1 Å². The van der Waals surface area contributed by atoms with Gasteiger partial charge in [-0.15, -0.1) is 12.3 Å². The second-order valence-corrected chi connectivity index (χ2v) is 16.1. The highest BCUT2D eigenvalue weighted by Gasteiger charge is 2.30. The molecule has 0 aromatic heterocycles. The van der Waals surface area contributed by atoms with E-state index < -0.39 is 16.9 Å². The maximum Gasteiger partial charge on any atom is 0.166 e. The first kappa shape index (κ1) is 13.0. The van der Waals surface area contributed by atoms with Gasteiger partial charge in [0.15, 0.2) is 8.56 Å². The standard InChI is InChI=1S/C10H22OSi2/c1-7-8-9-11-13(12(5)6)10(2,3)4/h1,12-13H,8-9H2,2-6H3. The molecule has 0 radical (unpaired) electrons. The second kappa shape index (κ2) is 5.64. The van der Waals surface area contributed by atoms with Crippen LogP contribution in [0.5, 0.6) is 0 Å². The van der Waals surface area contributed by atoms with Gasteiger partial charge in [-0.05, 0) is 5.04 Å². The highest BCUT2D eigenvalue weighted by molar-refractivity contribution is 7.19. The molecule has 0 spiro atoms. The van der Waals surface area contributed by atoms with Crippen LogP contribution in [0.3, 0.4) is 0 Å². The summed E-state index contributed by atoms with van der Waals surface area (Å²) in [5.41, 5.74) is 0. The van der Waals surface area contributed by atoms with E-state index in [1.807, 2.05) is 0 Å². The fourth-order valence-electron chi connectivity index (χ4n) is 1.69. The van der Waals surface area contributed by atoms with Gasteiger partial charge in [0.1, 0.15) is 0 Å². The van der Waals surface area contributed by atoms with Crippen LogP contribution in [-0.4, -0.2) is 23.5 Å². The zero-order valence-electron chi connectivity index (χ0n) is 9.55. The zero-order chi connectivity index (χ0) is 10.5. The Labute approximate surface area is 86.0 Å². The quantitative estimate of drug-likeness (QED) is 0.396. The minimum atomic E-state index is -0.984. The molecular formula is C10H22OSi2. The van der Waals surface area contributed by atoms with Gasteiger partial charge in [-0.3, -0.25) is 0 Å². The van der Waals surface area contributed by atoms with Crippen LogP contribution in [0.4, 0.5) is 0 Å². The van der Waals surface area contributed by atoms with Gasteiger partial charge in [-0.25, -0.2) is 0 Å². The molecule has 0 saturated heterocycles. The van der Waals surface area contributed by atoms with E-state index in [9.17, 15) is 0 Å². The molecule has 1 unspecified atom stereocenters. The molecule has 0 aliphatic rings. The van der Waals surface area contributed by atoms with E-state index >= 15 is 0 Å². The van der Waals surface area contributed by atoms with Gasteiger partial charge in [-0.1, -0.05) is 33.9 Å². The minimum absolute atomic E-state index is 0.398. The molecule has 0 aromatic carbocycles. The van der Waals surface area contributed by atoms with Crippen molar-refractivity contribution in [2.45, 2.75) is 45.3 Å². The van der Waals surface area contributed by atoms with E-state index in [0.29, 0.717) is 5.04 Å². The van der Waals surface area contributed by atoms with Crippen LogP contribution < -0.4 is 0 Å². The minimum Gasteiger partial charge on any atom is -0.422 e. The Morgan fingerprint density at radius 1 is 1.31 bits per heavy atom. The lowest BCUT2D eigenvalue weighted by Crippen LogP contribution is -2.41. The number of hydrogen-bond acceptors (Lipinski definition) is 1.